The molecule has 0 radical (unpaired) electrons. The number of carbonyl (C=O) groups excluding carboxylic acids is 1. The number of carbonyl (C=O) groups is 1. The average molecular weight is 242 g/mol. The number of hydrogen-bond acceptors (Lipinski definition) is 3. The van der Waals surface area contributed by atoms with Crippen molar-refractivity contribution < 1.29 is 14.3 Å². The molecule has 0 heterocycles. The van der Waals surface area contributed by atoms with Gasteiger partial charge in [-0.2, -0.15) is 0 Å². The van der Waals surface area contributed by atoms with Crippen molar-refractivity contribution in [2.45, 2.75) is 47.0 Å². The van der Waals surface area contributed by atoms with Crippen LogP contribution in [0.3, 0.4) is 0 Å². The molecular formula is C14H26O3. The molecule has 0 spiro atoms. The van der Waals surface area contributed by atoms with E-state index in [-0.39, 0.29) is 5.97 Å². The zero-order valence-electron chi connectivity index (χ0n) is 11.6. The van der Waals surface area contributed by atoms with E-state index in [1.54, 1.807) is 0 Å². The maximum absolute atomic E-state index is 11.8. The van der Waals surface area contributed by atoms with E-state index in [9.17, 15) is 4.79 Å². The van der Waals surface area contributed by atoms with E-state index < -0.39 is 0 Å². The number of esters is 1. The number of hydrogen-bond donors (Lipinski definition) is 0. The fraction of sp³-hybridized carbons (Fsp3) is 0.786. The Balaban J connectivity index is 4.23. The largest absolute Gasteiger partial charge is 0.462 e. The van der Waals surface area contributed by atoms with Crippen molar-refractivity contribution >= 4 is 5.97 Å². The molecule has 3 heteroatoms. The van der Waals surface area contributed by atoms with Crippen molar-refractivity contribution in [3.8, 4) is 0 Å². The van der Waals surface area contributed by atoms with Crippen molar-refractivity contribution in [1.29, 1.82) is 0 Å². The van der Waals surface area contributed by atoms with E-state index in [1.807, 2.05) is 13.0 Å². The number of ether oxygens (including phenoxy) is 2. The molecule has 0 N–H and O–H groups in total. The van der Waals surface area contributed by atoms with E-state index in [0.717, 1.165) is 19.3 Å². The minimum absolute atomic E-state index is 0.229. The maximum Gasteiger partial charge on any atom is 0.336 e. The van der Waals surface area contributed by atoms with Crippen LogP contribution in [0.1, 0.15) is 47.0 Å². The van der Waals surface area contributed by atoms with Gasteiger partial charge in [0.2, 0.25) is 0 Å². The molecule has 100 valence electrons. The SMILES string of the molecule is CCCCOC(=O)C(=CCC(C)C)COCC. The zero-order chi connectivity index (χ0) is 13.1. The molecule has 0 atom stereocenters. The van der Waals surface area contributed by atoms with Gasteiger partial charge in [0.05, 0.1) is 18.8 Å². The normalized spacial score (nSPS) is 11.9. The third kappa shape index (κ3) is 8.93. The Morgan fingerprint density at radius 2 is 2.00 bits per heavy atom. The summed E-state index contributed by atoms with van der Waals surface area (Å²) in [6, 6.07) is 0. The smallest absolute Gasteiger partial charge is 0.336 e. The van der Waals surface area contributed by atoms with Gasteiger partial charge in [0.15, 0.2) is 0 Å². The Bertz CT molecular complexity index is 232. The van der Waals surface area contributed by atoms with Gasteiger partial charge >= 0.3 is 5.97 Å². The molecule has 17 heavy (non-hydrogen) atoms. The highest BCUT2D eigenvalue weighted by Crippen LogP contribution is 2.07. The summed E-state index contributed by atoms with van der Waals surface area (Å²) < 4.78 is 10.5. The Kier molecular flexibility index (Phi) is 9.83. The number of unbranched alkanes of at least 4 members (excludes halogenated alkanes) is 1. The lowest BCUT2D eigenvalue weighted by Crippen LogP contribution is -2.14. The molecule has 0 aliphatic carbocycles. The summed E-state index contributed by atoms with van der Waals surface area (Å²) in [5.41, 5.74) is 0.650. The van der Waals surface area contributed by atoms with Crippen LogP contribution in [0.4, 0.5) is 0 Å². The van der Waals surface area contributed by atoms with Crippen LogP contribution >= 0.6 is 0 Å². The van der Waals surface area contributed by atoms with Crippen LogP contribution < -0.4 is 0 Å². The third-order valence-electron chi connectivity index (χ3n) is 2.29. The summed E-state index contributed by atoms with van der Waals surface area (Å²) in [4.78, 5) is 11.8. The maximum atomic E-state index is 11.8. The molecular weight excluding hydrogens is 216 g/mol. The van der Waals surface area contributed by atoms with E-state index in [1.165, 1.54) is 0 Å². The predicted molar refractivity (Wildman–Crippen MR) is 69.9 cm³/mol. The standard InChI is InChI=1S/C14H26O3/c1-5-7-10-17-14(15)13(11-16-6-2)9-8-12(3)4/h9,12H,5-8,10-11H2,1-4H3. The molecule has 0 fully saturated rings. The van der Waals surface area contributed by atoms with Crippen molar-refractivity contribution in [1.82, 2.24) is 0 Å². The lowest BCUT2D eigenvalue weighted by molar-refractivity contribution is -0.139. The minimum Gasteiger partial charge on any atom is -0.462 e. The first-order valence-electron chi connectivity index (χ1n) is 6.55. The van der Waals surface area contributed by atoms with Gasteiger partial charge in [-0.1, -0.05) is 33.3 Å². The van der Waals surface area contributed by atoms with E-state index in [2.05, 4.69) is 20.8 Å². The molecule has 0 aromatic heterocycles. The van der Waals surface area contributed by atoms with E-state index in [4.69, 9.17) is 9.47 Å². The second kappa shape index (κ2) is 10.3. The Morgan fingerprint density at radius 3 is 2.53 bits per heavy atom. The third-order valence-corrected chi connectivity index (χ3v) is 2.29. The molecule has 0 aromatic rings. The average Bonchev–Trinajstić information content (AvgIpc) is 2.29. The van der Waals surface area contributed by atoms with Gasteiger partial charge in [0, 0.05) is 6.61 Å². The van der Waals surface area contributed by atoms with Gasteiger partial charge in [-0.15, -0.1) is 0 Å². The summed E-state index contributed by atoms with van der Waals surface area (Å²) in [7, 11) is 0. The van der Waals surface area contributed by atoms with Gasteiger partial charge < -0.3 is 9.47 Å². The van der Waals surface area contributed by atoms with Gasteiger partial charge in [-0.3, -0.25) is 0 Å². The summed E-state index contributed by atoms with van der Waals surface area (Å²) in [6.45, 7) is 9.70. The van der Waals surface area contributed by atoms with Crippen LogP contribution in [0, 0.1) is 5.92 Å². The molecule has 0 unspecified atom stereocenters. The highest BCUT2D eigenvalue weighted by molar-refractivity contribution is 5.88. The summed E-state index contributed by atoms with van der Waals surface area (Å²) in [6.07, 6.45) is 4.77. The highest BCUT2D eigenvalue weighted by atomic mass is 16.5. The summed E-state index contributed by atoms with van der Waals surface area (Å²) in [5, 5.41) is 0. The fourth-order valence-electron chi connectivity index (χ4n) is 1.19. The molecule has 0 amide bonds. The Labute approximate surface area is 105 Å². The van der Waals surface area contributed by atoms with Crippen molar-refractivity contribution in [3.63, 3.8) is 0 Å². The fourth-order valence-corrected chi connectivity index (χ4v) is 1.19. The monoisotopic (exact) mass is 242 g/mol. The molecule has 0 aliphatic heterocycles. The van der Waals surface area contributed by atoms with Crippen LogP contribution in [0.25, 0.3) is 0 Å². The molecule has 3 nitrogen and oxygen atoms in total. The van der Waals surface area contributed by atoms with Crippen molar-refractivity contribution in [2.75, 3.05) is 19.8 Å². The van der Waals surface area contributed by atoms with Crippen LogP contribution in [0.5, 0.6) is 0 Å². The zero-order valence-corrected chi connectivity index (χ0v) is 11.6. The second-order valence-electron chi connectivity index (χ2n) is 4.49. The van der Waals surface area contributed by atoms with Gasteiger partial charge in [-0.25, -0.2) is 4.79 Å². The number of rotatable bonds is 9. The molecule has 0 saturated heterocycles. The lowest BCUT2D eigenvalue weighted by atomic mass is 10.1. The second-order valence-corrected chi connectivity index (χ2v) is 4.49. The summed E-state index contributed by atoms with van der Waals surface area (Å²) in [5.74, 6) is 0.308. The van der Waals surface area contributed by atoms with Crippen molar-refractivity contribution in [3.05, 3.63) is 11.6 Å². The van der Waals surface area contributed by atoms with E-state index in [0.29, 0.717) is 31.3 Å². The molecule has 0 bridgehead atoms. The Morgan fingerprint density at radius 1 is 1.29 bits per heavy atom. The highest BCUT2D eigenvalue weighted by Gasteiger charge is 2.10. The first-order chi connectivity index (χ1) is 8.11. The Hall–Kier alpha value is -0.830. The van der Waals surface area contributed by atoms with E-state index >= 15 is 0 Å². The topological polar surface area (TPSA) is 35.5 Å². The van der Waals surface area contributed by atoms with Gasteiger partial charge in [-0.05, 0) is 25.7 Å². The molecule has 0 saturated carbocycles. The molecule has 0 rings (SSSR count). The van der Waals surface area contributed by atoms with Crippen molar-refractivity contribution in [2.24, 2.45) is 5.92 Å². The van der Waals surface area contributed by atoms with Gasteiger partial charge in [0.1, 0.15) is 0 Å². The number of allylic oxidation sites excluding steroid dienone is 1. The van der Waals surface area contributed by atoms with Crippen LogP contribution in [0.2, 0.25) is 0 Å². The quantitative estimate of drug-likeness (QED) is 0.353. The first kappa shape index (κ1) is 16.2. The van der Waals surface area contributed by atoms with Crippen LogP contribution in [-0.4, -0.2) is 25.8 Å². The van der Waals surface area contributed by atoms with Crippen LogP contribution in [-0.2, 0) is 14.3 Å². The molecule has 0 aromatic carbocycles. The lowest BCUT2D eigenvalue weighted by Gasteiger charge is -2.09. The minimum atomic E-state index is -0.229. The predicted octanol–water partition coefficient (Wildman–Crippen LogP) is 3.34. The first-order valence-corrected chi connectivity index (χ1v) is 6.55. The molecule has 0 aliphatic rings. The van der Waals surface area contributed by atoms with Gasteiger partial charge in [0.25, 0.3) is 0 Å². The van der Waals surface area contributed by atoms with Crippen LogP contribution in [0.15, 0.2) is 11.6 Å². The summed E-state index contributed by atoms with van der Waals surface area (Å²) >= 11 is 0.